The van der Waals surface area contributed by atoms with Crippen LogP contribution in [0.1, 0.15) is 47.6 Å². The first kappa shape index (κ1) is 29.2. The quantitative estimate of drug-likeness (QED) is 0.215. The molecule has 0 saturated heterocycles. The van der Waals surface area contributed by atoms with Crippen molar-refractivity contribution in [3.05, 3.63) is 70.8 Å². The molecule has 0 aromatic heterocycles. The highest BCUT2D eigenvalue weighted by Gasteiger charge is 2.47. The van der Waals surface area contributed by atoms with Gasteiger partial charge in [0.15, 0.2) is 0 Å². The van der Waals surface area contributed by atoms with E-state index in [1.807, 2.05) is 50.2 Å². The van der Waals surface area contributed by atoms with Crippen LogP contribution >= 0.6 is 0 Å². The molecule has 1 aliphatic carbocycles. The van der Waals surface area contributed by atoms with Gasteiger partial charge in [-0.1, -0.05) is 59.7 Å². The summed E-state index contributed by atoms with van der Waals surface area (Å²) in [6.07, 6.45) is -0.124. The molecule has 0 unspecified atom stereocenters. The Bertz CT molecular complexity index is 1100. The van der Waals surface area contributed by atoms with E-state index in [4.69, 9.17) is 17.2 Å². The minimum atomic E-state index is -1.33. The molecule has 1 fully saturated rings. The van der Waals surface area contributed by atoms with Crippen LogP contribution < -0.4 is 27.8 Å². The molecule has 0 bridgehead atoms. The second kappa shape index (κ2) is 13.0. The van der Waals surface area contributed by atoms with Gasteiger partial charge < -0.3 is 37.8 Å². The molecular formula is C28H40N6O4. The maximum atomic E-state index is 13.6. The highest BCUT2D eigenvalue weighted by molar-refractivity contribution is 5.93. The lowest BCUT2D eigenvalue weighted by Gasteiger charge is -2.28. The van der Waals surface area contributed by atoms with E-state index < -0.39 is 35.5 Å². The van der Waals surface area contributed by atoms with Crippen molar-refractivity contribution in [1.82, 2.24) is 15.5 Å². The summed E-state index contributed by atoms with van der Waals surface area (Å²) in [5.74, 6) is -1.61. The first-order valence-electron chi connectivity index (χ1n) is 13.0. The van der Waals surface area contributed by atoms with Crippen LogP contribution in [-0.2, 0) is 19.9 Å². The molecule has 10 heteroatoms. The highest BCUT2D eigenvalue weighted by atomic mass is 16.3. The molecular weight excluding hydrogens is 484 g/mol. The van der Waals surface area contributed by atoms with Crippen molar-refractivity contribution in [2.24, 2.45) is 17.2 Å². The van der Waals surface area contributed by atoms with Gasteiger partial charge >= 0.3 is 0 Å². The number of rotatable bonds is 13. The van der Waals surface area contributed by atoms with Crippen molar-refractivity contribution in [1.29, 1.82) is 0 Å². The minimum Gasteiger partial charge on any atom is -0.386 e. The van der Waals surface area contributed by atoms with Gasteiger partial charge in [0.1, 0.15) is 12.1 Å². The largest absolute Gasteiger partial charge is 0.386 e. The number of aliphatic hydroxyl groups excluding tert-OH is 1. The van der Waals surface area contributed by atoms with E-state index in [2.05, 4.69) is 10.6 Å². The summed E-state index contributed by atoms with van der Waals surface area (Å²) in [5, 5.41) is 16.8. The molecule has 1 saturated carbocycles. The van der Waals surface area contributed by atoms with Crippen molar-refractivity contribution in [3.63, 3.8) is 0 Å². The van der Waals surface area contributed by atoms with Crippen molar-refractivity contribution in [2.75, 3.05) is 26.2 Å². The maximum Gasteiger partial charge on any atom is 0.246 e. The number of carbonyl (C=O) groups excluding carboxylic acids is 3. The van der Waals surface area contributed by atoms with Crippen LogP contribution in [0.5, 0.6) is 0 Å². The van der Waals surface area contributed by atoms with Gasteiger partial charge in [0.2, 0.25) is 17.7 Å². The molecule has 0 spiro atoms. The normalized spacial score (nSPS) is 16.2. The molecule has 10 nitrogen and oxygen atoms in total. The Balaban J connectivity index is 1.78. The van der Waals surface area contributed by atoms with Gasteiger partial charge in [-0.3, -0.25) is 14.4 Å². The fourth-order valence-corrected chi connectivity index (χ4v) is 4.38. The van der Waals surface area contributed by atoms with Gasteiger partial charge in [0.25, 0.3) is 0 Å². The number of hydrogen-bond donors (Lipinski definition) is 6. The van der Waals surface area contributed by atoms with E-state index in [0.717, 1.165) is 29.5 Å². The molecule has 3 rings (SSSR count). The third-order valence-corrected chi connectivity index (χ3v) is 6.91. The van der Waals surface area contributed by atoms with Crippen LogP contribution in [-0.4, -0.2) is 66.0 Å². The van der Waals surface area contributed by atoms with Crippen LogP contribution in [0.2, 0.25) is 0 Å². The van der Waals surface area contributed by atoms with E-state index in [1.54, 1.807) is 12.1 Å². The first-order valence-corrected chi connectivity index (χ1v) is 13.0. The average molecular weight is 525 g/mol. The Kier molecular flexibility index (Phi) is 9.98. The topological polar surface area (TPSA) is 177 Å². The highest BCUT2D eigenvalue weighted by Crippen LogP contribution is 2.45. The van der Waals surface area contributed by atoms with E-state index in [1.165, 1.54) is 4.90 Å². The molecule has 2 aromatic carbocycles. The maximum absolute atomic E-state index is 13.6. The zero-order valence-electron chi connectivity index (χ0n) is 22.2. The van der Waals surface area contributed by atoms with E-state index in [-0.39, 0.29) is 25.4 Å². The number of hydrogen-bond acceptors (Lipinski definition) is 7. The lowest BCUT2D eigenvalue weighted by atomic mass is 9.98. The Morgan fingerprint density at radius 3 is 1.95 bits per heavy atom. The lowest BCUT2D eigenvalue weighted by Crippen LogP contribution is -2.56. The van der Waals surface area contributed by atoms with Gasteiger partial charge in [-0.2, -0.15) is 0 Å². The minimum absolute atomic E-state index is 0.251. The number of benzene rings is 2. The molecule has 0 radical (unpaired) electrons. The molecule has 2 aromatic rings. The SMILES string of the molecule is Cc1ccc([C@@H](O)[C@H](NC(=O)[C@@H](N)CC(=O)N(CCN)CCN)C(=O)NC2(c3ccc(C)cc3)CC2)cc1. The van der Waals surface area contributed by atoms with Crippen molar-refractivity contribution < 1.29 is 19.5 Å². The van der Waals surface area contributed by atoms with E-state index >= 15 is 0 Å². The van der Waals surface area contributed by atoms with Crippen LogP contribution in [0.4, 0.5) is 0 Å². The summed E-state index contributed by atoms with van der Waals surface area (Å²) in [5.41, 5.74) is 20.2. The van der Waals surface area contributed by atoms with Crippen molar-refractivity contribution >= 4 is 17.7 Å². The Hall–Kier alpha value is -3.31. The van der Waals surface area contributed by atoms with Gasteiger partial charge in [-0.25, -0.2) is 0 Å². The first-order chi connectivity index (χ1) is 18.1. The number of nitrogens with zero attached hydrogens (tertiary/aromatic N) is 1. The molecule has 3 atom stereocenters. The second-order valence-corrected chi connectivity index (χ2v) is 10.0. The van der Waals surface area contributed by atoms with Crippen molar-refractivity contribution in [2.45, 2.75) is 56.8 Å². The van der Waals surface area contributed by atoms with Crippen LogP contribution in [0, 0.1) is 13.8 Å². The molecule has 0 aliphatic heterocycles. The summed E-state index contributed by atoms with van der Waals surface area (Å²) in [6, 6.07) is 12.4. The molecule has 3 amide bonds. The average Bonchev–Trinajstić information content (AvgIpc) is 3.67. The monoisotopic (exact) mass is 524 g/mol. The van der Waals surface area contributed by atoms with Gasteiger partial charge in [-0.05, 0) is 37.8 Å². The Labute approximate surface area is 223 Å². The third-order valence-electron chi connectivity index (χ3n) is 6.91. The van der Waals surface area contributed by atoms with E-state index in [9.17, 15) is 19.5 Å². The predicted molar refractivity (Wildman–Crippen MR) is 146 cm³/mol. The number of nitrogens with two attached hydrogens (primary N) is 3. The molecule has 206 valence electrons. The van der Waals surface area contributed by atoms with Gasteiger partial charge in [0.05, 0.1) is 18.0 Å². The van der Waals surface area contributed by atoms with E-state index in [0.29, 0.717) is 18.7 Å². The fraction of sp³-hybridized carbons (Fsp3) is 0.464. The number of aliphatic hydroxyl groups is 1. The predicted octanol–water partition coefficient (Wildman–Crippen LogP) is 0.0905. The summed E-state index contributed by atoms with van der Waals surface area (Å²) in [7, 11) is 0. The number of nitrogens with one attached hydrogen (secondary N) is 2. The summed E-state index contributed by atoms with van der Waals surface area (Å²) >= 11 is 0. The zero-order chi connectivity index (χ0) is 27.9. The second-order valence-electron chi connectivity index (χ2n) is 10.0. The summed E-state index contributed by atoms with van der Waals surface area (Å²) < 4.78 is 0. The van der Waals surface area contributed by atoms with Gasteiger partial charge in [-0.15, -0.1) is 0 Å². The number of amides is 3. The Morgan fingerprint density at radius 2 is 1.45 bits per heavy atom. The van der Waals surface area contributed by atoms with Crippen LogP contribution in [0.15, 0.2) is 48.5 Å². The summed E-state index contributed by atoms with van der Waals surface area (Å²) in [6.45, 7) is 4.99. The lowest BCUT2D eigenvalue weighted by molar-refractivity contribution is -0.136. The molecule has 9 N–H and O–H groups in total. The zero-order valence-corrected chi connectivity index (χ0v) is 22.2. The molecule has 1 aliphatic rings. The summed E-state index contributed by atoms with van der Waals surface area (Å²) in [4.78, 5) is 40.7. The van der Waals surface area contributed by atoms with Gasteiger partial charge in [0, 0.05) is 26.2 Å². The smallest absolute Gasteiger partial charge is 0.246 e. The molecule has 0 heterocycles. The van der Waals surface area contributed by atoms with Crippen LogP contribution in [0.25, 0.3) is 0 Å². The standard InChI is InChI=1S/C28H40N6O4/c1-18-3-7-20(8-4-18)25(36)24(27(38)33-28(11-12-28)21-9-5-19(2)6-10-21)32-26(37)22(31)17-23(35)34(15-13-29)16-14-30/h3-10,22,24-25,36H,11-17,29-31H2,1-2H3,(H,32,37)(H,33,38)/t22-,24-,25+/m0/s1. The van der Waals surface area contributed by atoms with Crippen molar-refractivity contribution in [3.8, 4) is 0 Å². The number of aryl methyl sites for hydroxylation is 2. The number of carbonyl (C=O) groups is 3. The third kappa shape index (κ3) is 7.38. The molecule has 38 heavy (non-hydrogen) atoms. The fourth-order valence-electron chi connectivity index (χ4n) is 4.38. The van der Waals surface area contributed by atoms with Crippen LogP contribution in [0.3, 0.4) is 0 Å². The Morgan fingerprint density at radius 1 is 0.921 bits per heavy atom.